The van der Waals surface area contributed by atoms with Gasteiger partial charge >= 0.3 is 6.18 Å². The van der Waals surface area contributed by atoms with E-state index < -0.39 is 17.6 Å². The molecule has 0 radical (unpaired) electrons. The van der Waals surface area contributed by atoms with Crippen molar-refractivity contribution in [1.29, 1.82) is 0 Å². The maximum absolute atomic E-state index is 13.0. The number of nitrogens with two attached hydrogens (primary N) is 2. The topological polar surface area (TPSA) is 99.8 Å². The van der Waals surface area contributed by atoms with Gasteiger partial charge in [0.2, 0.25) is 5.91 Å². The lowest BCUT2D eigenvalue weighted by Crippen LogP contribution is -2.15. The van der Waals surface area contributed by atoms with Crippen LogP contribution >= 0.6 is 0 Å². The Labute approximate surface area is 175 Å². The van der Waals surface area contributed by atoms with Crippen molar-refractivity contribution in [2.24, 2.45) is 5.73 Å². The van der Waals surface area contributed by atoms with Gasteiger partial charge in [-0.3, -0.25) is 4.79 Å². The minimum absolute atomic E-state index is 0.117. The molecule has 9 heteroatoms. The molecule has 31 heavy (non-hydrogen) atoms. The summed E-state index contributed by atoms with van der Waals surface area (Å²) in [7, 11) is 0. The average molecular weight is 427 g/mol. The number of aromatic nitrogens is 3. The maximum Gasteiger partial charge on any atom is 0.416 e. The minimum Gasteiger partial charge on any atom is -0.382 e. The van der Waals surface area contributed by atoms with Crippen LogP contribution in [0.3, 0.4) is 0 Å². The Balaban J connectivity index is 1.53. The third kappa shape index (κ3) is 4.03. The number of primary amides is 1. The Morgan fingerprint density at radius 3 is 2.61 bits per heavy atom. The Morgan fingerprint density at radius 1 is 1.10 bits per heavy atom. The maximum atomic E-state index is 13.0. The quantitative estimate of drug-likeness (QED) is 0.448. The van der Waals surface area contributed by atoms with Gasteiger partial charge in [-0.15, -0.1) is 0 Å². The number of hydrogen-bond donors (Lipinski definition) is 2. The molecule has 1 amide bonds. The zero-order valence-electron chi connectivity index (χ0n) is 16.5. The number of nitrogens with zero attached hydrogens (tertiary/aromatic N) is 3. The van der Waals surface area contributed by atoms with E-state index in [4.69, 9.17) is 11.5 Å². The lowest BCUT2D eigenvalue weighted by Gasteiger charge is -2.12. The summed E-state index contributed by atoms with van der Waals surface area (Å²) in [5.74, 6) is -0.388. The number of alkyl halides is 3. The molecule has 2 aromatic heterocycles. The number of rotatable bonds is 6. The summed E-state index contributed by atoms with van der Waals surface area (Å²) in [6, 6.07) is 10.7. The van der Waals surface area contributed by atoms with Crippen LogP contribution in [-0.4, -0.2) is 20.4 Å². The highest BCUT2D eigenvalue weighted by Crippen LogP contribution is 2.31. The summed E-state index contributed by atoms with van der Waals surface area (Å²) in [6.07, 6.45) is -1.25. The molecular formula is C22H20F3N5O. The van der Waals surface area contributed by atoms with Crippen LogP contribution in [0.2, 0.25) is 0 Å². The molecule has 0 saturated carbocycles. The molecule has 2 aromatic carbocycles. The number of unbranched alkanes of at least 4 members (excludes halogenated alkanes) is 1. The molecule has 0 fully saturated rings. The van der Waals surface area contributed by atoms with E-state index in [0.717, 1.165) is 34.6 Å². The minimum atomic E-state index is -4.48. The van der Waals surface area contributed by atoms with Crippen LogP contribution in [0.4, 0.5) is 19.0 Å². The molecule has 0 atom stereocenters. The summed E-state index contributed by atoms with van der Waals surface area (Å²) in [5.41, 5.74) is 13.3. The molecular weight excluding hydrogens is 407 g/mol. The van der Waals surface area contributed by atoms with E-state index in [0.29, 0.717) is 42.7 Å². The standard InChI is InChI=1S/C22H20F3N5O/c23-22(24,25)14-8-9-15(21(27)31)13(11-14)5-3-4-10-30-12-28-18-19(30)16-6-1-2-7-17(16)29-20(18)26/h1-2,6-9,11-12H,3-5,10H2,(H2,26,29)(H2,27,31). The Morgan fingerprint density at radius 2 is 1.87 bits per heavy atom. The number of pyridine rings is 1. The molecule has 2 heterocycles. The molecule has 0 spiro atoms. The van der Waals surface area contributed by atoms with Crippen LogP contribution in [0.5, 0.6) is 0 Å². The lowest BCUT2D eigenvalue weighted by atomic mass is 9.98. The number of benzene rings is 2. The number of carbonyl (C=O) groups excluding carboxylic acids is 1. The van der Waals surface area contributed by atoms with Gasteiger partial charge in [0, 0.05) is 17.5 Å². The third-order valence-electron chi connectivity index (χ3n) is 5.27. The number of para-hydroxylation sites is 1. The van der Waals surface area contributed by atoms with Crippen LogP contribution in [0.1, 0.15) is 34.3 Å². The van der Waals surface area contributed by atoms with Crippen LogP contribution in [0.25, 0.3) is 21.9 Å². The summed E-state index contributed by atoms with van der Waals surface area (Å²) in [6.45, 7) is 0.592. The molecule has 6 nitrogen and oxygen atoms in total. The van der Waals surface area contributed by atoms with Gasteiger partial charge < -0.3 is 16.0 Å². The molecule has 4 rings (SSSR count). The summed E-state index contributed by atoms with van der Waals surface area (Å²) in [5, 5.41) is 0.929. The fourth-order valence-corrected chi connectivity index (χ4v) is 3.79. The van der Waals surface area contributed by atoms with Crippen molar-refractivity contribution in [3.8, 4) is 0 Å². The fourth-order valence-electron chi connectivity index (χ4n) is 3.79. The van der Waals surface area contributed by atoms with Gasteiger partial charge in [-0.1, -0.05) is 18.2 Å². The fraction of sp³-hybridized carbons (Fsp3) is 0.227. The molecule has 0 aliphatic carbocycles. The number of anilines is 1. The number of imidazole rings is 1. The van der Waals surface area contributed by atoms with E-state index in [1.165, 1.54) is 0 Å². The molecule has 160 valence electrons. The molecule has 0 bridgehead atoms. The predicted molar refractivity (Wildman–Crippen MR) is 112 cm³/mol. The highest BCUT2D eigenvalue weighted by atomic mass is 19.4. The van der Waals surface area contributed by atoms with Gasteiger partial charge in [0.05, 0.1) is 22.9 Å². The van der Waals surface area contributed by atoms with Crippen LogP contribution in [0, 0.1) is 0 Å². The molecule has 4 N–H and O–H groups in total. The number of aryl methyl sites for hydroxylation is 2. The largest absolute Gasteiger partial charge is 0.416 e. The van der Waals surface area contributed by atoms with Gasteiger partial charge in [-0.2, -0.15) is 13.2 Å². The number of amides is 1. The van der Waals surface area contributed by atoms with Crippen molar-refractivity contribution in [1.82, 2.24) is 14.5 Å². The SMILES string of the molecule is NC(=O)c1ccc(C(F)(F)F)cc1CCCCn1cnc2c(N)nc3ccccc3c21. The predicted octanol–water partition coefficient (Wildman–Crippen LogP) is 4.31. The monoisotopic (exact) mass is 427 g/mol. The van der Waals surface area contributed by atoms with Gasteiger partial charge in [0.1, 0.15) is 5.52 Å². The normalized spacial score (nSPS) is 12.0. The molecule has 0 saturated heterocycles. The second-order valence-electron chi connectivity index (χ2n) is 7.34. The zero-order valence-corrected chi connectivity index (χ0v) is 16.5. The first kappa shape index (κ1) is 20.6. The van der Waals surface area contributed by atoms with E-state index in [1.807, 2.05) is 28.8 Å². The van der Waals surface area contributed by atoms with E-state index in [9.17, 15) is 18.0 Å². The van der Waals surface area contributed by atoms with E-state index >= 15 is 0 Å². The zero-order chi connectivity index (χ0) is 22.2. The molecule has 0 unspecified atom stereocenters. The molecule has 4 aromatic rings. The van der Waals surface area contributed by atoms with E-state index in [1.54, 1.807) is 6.33 Å². The van der Waals surface area contributed by atoms with Crippen LogP contribution in [-0.2, 0) is 19.1 Å². The second-order valence-corrected chi connectivity index (χ2v) is 7.34. The summed E-state index contributed by atoms with van der Waals surface area (Å²) < 4.78 is 41.1. The Hall–Kier alpha value is -3.62. The van der Waals surface area contributed by atoms with E-state index in [-0.39, 0.29) is 5.56 Å². The van der Waals surface area contributed by atoms with Crippen molar-refractivity contribution in [2.45, 2.75) is 32.0 Å². The second kappa shape index (κ2) is 7.90. The number of carbonyl (C=O) groups is 1. The van der Waals surface area contributed by atoms with Gasteiger partial charge in [-0.05, 0) is 49.1 Å². The summed E-state index contributed by atoms with van der Waals surface area (Å²) in [4.78, 5) is 20.4. The average Bonchev–Trinajstić information content (AvgIpc) is 3.15. The number of hydrogen-bond acceptors (Lipinski definition) is 4. The summed E-state index contributed by atoms with van der Waals surface area (Å²) >= 11 is 0. The highest BCUT2D eigenvalue weighted by molar-refractivity contribution is 6.06. The molecule has 0 aliphatic heterocycles. The number of halogens is 3. The lowest BCUT2D eigenvalue weighted by molar-refractivity contribution is -0.137. The van der Waals surface area contributed by atoms with Gasteiger partial charge in [0.15, 0.2) is 5.82 Å². The van der Waals surface area contributed by atoms with Crippen molar-refractivity contribution in [2.75, 3.05) is 5.73 Å². The highest BCUT2D eigenvalue weighted by Gasteiger charge is 2.31. The van der Waals surface area contributed by atoms with Crippen molar-refractivity contribution >= 4 is 33.7 Å². The third-order valence-corrected chi connectivity index (χ3v) is 5.27. The van der Waals surface area contributed by atoms with Crippen LogP contribution in [0.15, 0.2) is 48.8 Å². The van der Waals surface area contributed by atoms with Gasteiger partial charge in [0.25, 0.3) is 0 Å². The first-order chi connectivity index (χ1) is 14.8. The number of nitrogen functional groups attached to an aromatic ring is 1. The Kier molecular flexibility index (Phi) is 5.26. The van der Waals surface area contributed by atoms with Crippen molar-refractivity contribution in [3.63, 3.8) is 0 Å². The Bertz CT molecular complexity index is 1280. The van der Waals surface area contributed by atoms with Crippen molar-refractivity contribution in [3.05, 3.63) is 65.5 Å². The molecule has 0 aliphatic rings. The number of fused-ring (bicyclic) bond motifs is 3. The van der Waals surface area contributed by atoms with Gasteiger partial charge in [-0.25, -0.2) is 9.97 Å². The van der Waals surface area contributed by atoms with Crippen LogP contribution < -0.4 is 11.5 Å². The van der Waals surface area contributed by atoms with E-state index in [2.05, 4.69) is 9.97 Å². The first-order valence-corrected chi connectivity index (χ1v) is 9.74. The first-order valence-electron chi connectivity index (χ1n) is 9.74. The smallest absolute Gasteiger partial charge is 0.382 e. The van der Waals surface area contributed by atoms with Crippen molar-refractivity contribution < 1.29 is 18.0 Å².